The fourth-order valence-corrected chi connectivity index (χ4v) is 3.14. The van der Waals surface area contributed by atoms with Crippen molar-refractivity contribution in [1.29, 1.82) is 0 Å². The highest BCUT2D eigenvalue weighted by Crippen LogP contribution is 2.30. The Morgan fingerprint density at radius 1 is 1.22 bits per heavy atom. The molecule has 10 heteroatoms. The zero-order valence-corrected chi connectivity index (χ0v) is 12.7. The summed E-state index contributed by atoms with van der Waals surface area (Å²) in [4.78, 5) is 17.1. The molecule has 0 aromatic heterocycles. The molecule has 3 aliphatic rings. The summed E-state index contributed by atoms with van der Waals surface area (Å²) < 4.78 is 21.9. The first kappa shape index (κ1) is 16.8. The second-order valence-corrected chi connectivity index (χ2v) is 5.90. The lowest BCUT2D eigenvalue weighted by atomic mass is 10.1. The van der Waals surface area contributed by atoms with Crippen molar-refractivity contribution in [2.45, 2.75) is 30.5 Å². The molecule has 10 nitrogen and oxygen atoms in total. The molecule has 5 atom stereocenters. The molecule has 3 heterocycles. The van der Waals surface area contributed by atoms with Crippen LogP contribution in [0, 0.1) is 10.1 Å². The first-order chi connectivity index (χ1) is 11.1. The van der Waals surface area contributed by atoms with E-state index in [-0.39, 0.29) is 25.9 Å². The minimum Gasteiger partial charge on any atom is -0.389 e. The third-order valence-electron chi connectivity index (χ3n) is 4.26. The van der Waals surface area contributed by atoms with Gasteiger partial charge in [-0.05, 0) is 0 Å². The van der Waals surface area contributed by atoms with Crippen LogP contribution in [0.5, 0.6) is 0 Å². The largest absolute Gasteiger partial charge is 0.389 e. The number of ether oxygens (including phenoxy) is 4. The van der Waals surface area contributed by atoms with Crippen molar-refractivity contribution in [3.63, 3.8) is 0 Å². The minimum absolute atomic E-state index is 0.104. The molecular weight excluding hydrogens is 312 g/mol. The zero-order chi connectivity index (χ0) is 16.2. The van der Waals surface area contributed by atoms with Gasteiger partial charge in [0.2, 0.25) is 0 Å². The SMILES string of the molecule is O=[N+]([O-])O[C@@H]1CO[C@H]2[C@@H]1OC[C@@H]2OCC(O)CN1CCOCC1. The molecule has 0 amide bonds. The minimum atomic E-state index is -0.833. The molecule has 1 unspecified atom stereocenters. The van der Waals surface area contributed by atoms with Crippen LogP contribution in [-0.4, -0.2) is 98.3 Å². The molecule has 0 spiro atoms. The van der Waals surface area contributed by atoms with Crippen LogP contribution >= 0.6 is 0 Å². The van der Waals surface area contributed by atoms with Crippen LogP contribution in [0.25, 0.3) is 0 Å². The van der Waals surface area contributed by atoms with Gasteiger partial charge in [0.05, 0.1) is 39.1 Å². The van der Waals surface area contributed by atoms with E-state index in [0.29, 0.717) is 19.8 Å². The Morgan fingerprint density at radius 2 is 1.87 bits per heavy atom. The number of aliphatic hydroxyl groups excluding tert-OH is 1. The van der Waals surface area contributed by atoms with Crippen molar-refractivity contribution in [2.75, 3.05) is 52.7 Å². The lowest BCUT2D eigenvalue weighted by Crippen LogP contribution is -2.43. The maximum absolute atomic E-state index is 10.4. The molecule has 3 aliphatic heterocycles. The third-order valence-corrected chi connectivity index (χ3v) is 4.26. The number of rotatable bonds is 7. The molecule has 0 radical (unpaired) electrons. The highest BCUT2D eigenvalue weighted by Gasteiger charge is 2.50. The standard InChI is InChI=1S/C13H22N2O8/c16-9(5-14-1-3-19-4-2-14)6-20-10-7-21-13-11(23-15(17)18)8-22-12(10)13/h9-13,16H,1-8H2/t9?,10-,11+,12+,13+/m0/s1. The fraction of sp³-hybridized carbons (Fsp3) is 1.00. The number of aliphatic hydroxyl groups is 1. The van der Waals surface area contributed by atoms with E-state index in [9.17, 15) is 15.2 Å². The van der Waals surface area contributed by atoms with Crippen molar-refractivity contribution < 1.29 is 34.0 Å². The topological polar surface area (TPSA) is 113 Å². The Balaban J connectivity index is 1.40. The molecule has 0 aliphatic carbocycles. The molecule has 0 saturated carbocycles. The van der Waals surface area contributed by atoms with Crippen molar-refractivity contribution in [3.05, 3.63) is 10.1 Å². The Morgan fingerprint density at radius 3 is 2.57 bits per heavy atom. The van der Waals surface area contributed by atoms with Gasteiger partial charge in [-0.2, -0.15) is 0 Å². The van der Waals surface area contributed by atoms with Gasteiger partial charge >= 0.3 is 0 Å². The average Bonchev–Trinajstić information content (AvgIpc) is 3.09. The van der Waals surface area contributed by atoms with E-state index < -0.39 is 29.5 Å². The summed E-state index contributed by atoms with van der Waals surface area (Å²) in [5, 5.41) is 19.7. The number of β-amino-alcohol motifs (C(OH)–C–C–N with tert-alkyl or cyclic N) is 1. The molecule has 0 aromatic carbocycles. The van der Waals surface area contributed by atoms with Gasteiger partial charge in [-0.3, -0.25) is 4.90 Å². The van der Waals surface area contributed by atoms with Crippen molar-refractivity contribution in [2.24, 2.45) is 0 Å². The van der Waals surface area contributed by atoms with Crippen LogP contribution in [0.3, 0.4) is 0 Å². The molecular formula is C13H22N2O8. The predicted octanol–water partition coefficient (Wildman–Crippen LogP) is -1.56. The first-order valence-electron chi connectivity index (χ1n) is 7.77. The maximum atomic E-state index is 10.4. The van der Waals surface area contributed by atoms with Crippen LogP contribution in [-0.2, 0) is 23.8 Å². The van der Waals surface area contributed by atoms with E-state index in [1.165, 1.54) is 0 Å². The van der Waals surface area contributed by atoms with Gasteiger partial charge in [-0.1, -0.05) is 0 Å². The number of hydrogen-bond donors (Lipinski definition) is 1. The number of fused-ring (bicyclic) bond motifs is 1. The van der Waals surface area contributed by atoms with E-state index in [4.69, 9.17) is 18.9 Å². The Bertz CT molecular complexity index is 405. The lowest BCUT2D eigenvalue weighted by molar-refractivity contribution is -0.769. The van der Waals surface area contributed by atoms with Gasteiger partial charge < -0.3 is 28.9 Å². The predicted molar refractivity (Wildman–Crippen MR) is 74.4 cm³/mol. The first-order valence-corrected chi connectivity index (χ1v) is 7.77. The van der Waals surface area contributed by atoms with Gasteiger partial charge in [0.15, 0.2) is 6.10 Å². The zero-order valence-electron chi connectivity index (χ0n) is 12.7. The Labute approximate surface area is 133 Å². The number of nitrogens with zero attached hydrogens (tertiary/aromatic N) is 2. The molecule has 3 fully saturated rings. The number of morpholine rings is 1. The normalized spacial score (nSPS) is 35.9. The maximum Gasteiger partial charge on any atom is 0.294 e. The molecule has 0 bridgehead atoms. The average molecular weight is 334 g/mol. The van der Waals surface area contributed by atoms with Crippen molar-refractivity contribution >= 4 is 0 Å². The lowest BCUT2D eigenvalue weighted by Gasteiger charge is -2.29. The van der Waals surface area contributed by atoms with Crippen molar-refractivity contribution in [1.82, 2.24) is 4.90 Å². The molecule has 1 N–H and O–H groups in total. The van der Waals surface area contributed by atoms with Gasteiger partial charge in [0, 0.05) is 19.6 Å². The number of hydrogen-bond acceptors (Lipinski definition) is 9. The summed E-state index contributed by atoms with van der Waals surface area (Å²) in [6.07, 6.45) is -2.57. The molecule has 3 rings (SSSR count). The quantitative estimate of drug-likeness (QED) is 0.436. The monoisotopic (exact) mass is 334 g/mol. The molecule has 23 heavy (non-hydrogen) atoms. The van der Waals surface area contributed by atoms with Gasteiger partial charge in [-0.15, -0.1) is 10.1 Å². The van der Waals surface area contributed by atoms with E-state index >= 15 is 0 Å². The van der Waals surface area contributed by atoms with Gasteiger partial charge in [-0.25, -0.2) is 0 Å². The van der Waals surface area contributed by atoms with Crippen LogP contribution in [0.4, 0.5) is 0 Å². The fourth-order valence-electron chi connectivity index (χ4n) is 3.14. The summed E-state index contributed by atoms with van der Waals surface area (Å²) >= 11 is 0. The van der Waals surface area contributed by atoms with E-state index in [2.05, 4.69) is 9.74 Å². The summed E-state index contributed by atoms with van der Waals surface area (Å²) in [7, 11) is 0. The van der Waals surface area contributed by atoms with Crippen molar-refractivity contribution in [3.8, 4) is 0 Å². The molecule has 132 valence electrons. The molecule has 3 saturated heterocycles. The highest BCUT2D eigenvalue weighted by molar-refractivity contribution is 4.95. The van der Waals surface area contributed by atoms with Crippen LogP contribution < -0.4 is 0 Å². The van der Waals surface area contributed by atoms with E-state index in [0.717, 1.165) is 13.1 Å². The summed E-state index contributed by atoms with van der Waals surface area (Å²) in [5.41, 5.74) is 0. The second-order valence-electron chi connectivity index (χ2n) is 5.90. The van der Waals surface area contributed by atoms with Gasteiger partial charge in [0.25, 0.3) is 5.09 Å². The highest BCUT2D eigenvalue weighted by atomic mass is 17.0. The smallest absolute Gasteiger partial charge is 0.294 e. The van der Waals surface area contributed by atoms with E-state index in [1.807, 2.05) is 0 Å². The summed E-state index contributed by atoms with van der Waals surface area (Å²) in [6.45, 7) is 4.04. The summed E-state index contributed by atoms with van der Waals surface area (Å²) in [6, 6.07) is 0. The Hall–Kier alpha value is -1.04. The van der Waals surface area contributed by atoms with Crippen LogP contribution in [0.1, 0.15) is 0 Å². The molecule has 0 aromatic rings. The van der Waals surface area contributed by atoms with E-state index in [1.54, 1.807) is 0 Å². The van der Waals surface area contributed by atoms with Gasteiger partial charge in [0.1, 0.15) is 18.3 Å². The van der Waals surface area contributed by atoms with Crippen LogP contribution in [0.15, 0.2) is 0 Å². The second kappa shape index (κ2) is 7.69. The Kier molecular flexibility index (Phi) is 5.62. The third kappa shape index (κ3) is 4.28. The van der Waals surface area contributed by atoms with Crippen LogP contribution in [0.2, 0.25) is 0 Å². The summed E-state index contributed by atoms with van der Waals surface area (Å²) in [5.74, 6) is 0.